The summed E-state index contributed by atoms with van der Waals surface area (Å²) in [7, 11) is -3.53. The first-order valence-electron chi connectivity index (χ1n) is 10.5. The lowest BCUT2D eigenvalue weighted by Gasteiger charge is -2.31. The fraction of sp³-hybridized carbons (Fsp3) is 0.478. The van der Waals surface area contributed by atoms with Crippen molar-refractivity contribution in [3.05, 3.63) is 53.1 Å². The molecule has 1 N–H and O–H groups in total. The molecule has 0 fully saturated rings. The zero-order chi connectivity index (χ0) is 20.9. The van der Waals surface area contributed by atoms with Crippen LogP contribution < -0.4 is 14.4 Å². The van der Waals surface area contributed by atoms with Crippen LogP contribution in [-0.2, 0) is 22.9 Å². The third kappa shape index (κ3) is 5.31. The van der Waals surface area contributed by atoms with Crippen LogP contribution in [0.3, 0.4) is 0 Å². The van der Waals surface area contributed by atoms with E-state index in [0.29, 0.717) is 19.6 Å². The zero-order valence-corrected chi connectivity index (χ0v) is 18.5. The predicted molar refractivity (Wildman–Crippen MR) is 119 cm³/mol. The maximum atomic E-state index is 12.6. The van der Waals surface area contributed by atoms with Crippen LogP contribution >= 0.6 is 0 Å². The van der Waals surface area contributed by atoms with Gasteiger partial charge in [-0.2, -0.15) is 0 Å². The topological polar surface area (TPSA) is 58.6 Å². The van der Waals surface area contributed by atoms with Crippen LogP contribution in [0.4, 0.5) is 5.69 Å². The number of aryl methyl sites for hydroxylation is 2. The Balaban J connectivity index is 1.63. The van der Waals surface area contributed by atoms with Crippen molar-refractivity contribution >= 4 is 15.7 Å². The summed E-state index contributed by atoms with van der Waals surface area (Å²) in [6, 6.07) is 11.5. The number of nitrogens with zero attached hydrogens (tertiary/aromatic N) is 1. The summed E-state index contributed by atoms with van der Waals surface area (Å²) in [5.74, 6) is 0.720. The molecule has 158 valence electrons. The van der Waals surface area contributed by atoms with E-state index in [0.717, 1.165) is 37.2 Å². The van der Waals surface area contributed by atoms with Gasteiger partial charge in [0.25, 0.3) is 0 Å². The molecule has 6 heteroatoms. The van der Waals surface area contributed by atoms with Gasteiger partial charge in [0.05, 0.1) is 11.5 Å². The summed E-state index contributed by atoms with van der Waals surface area (Å²) in [5.41, 5.74) is 4.72. The van der Waals surface area contributed by atoms with Crippen LogP contribution in [0, 0.1) is 6.92 Å². The molecule has 29 heavy (non-hydrogen) atoms. The Morgan fingerprint density at radius 2 is 1.97 bits per heavy atom. The van der Waals surface area contributed by atoms with Crippen LogP contribution in [-0.4, -0.2) is 34.7 Å². The van der Waals surface area contributed by atoms with Crippen LogP contribution in [0.25, 0.3) is 0 Å². The number of ether oxygens (including phenoxy) is 1. The first-order chi connectivity index (χ1) is 13.9. The Bertz CT molecular complexity index is 941. The second-order valence-corrected chi connectivity index (χ2v) is 9.33. The maximum Gasteiger partial charge on any atom is 0.240 e. The van der Waals surface area contributed by atoms with E-state index >= 15 is 0 Å². The van der Waals surface area contributed by atoms with Crippen LogP contribution in [0.2, 0.25) is 0 Å². The van der Waals surface area contributed by atoms with Crippen molar-refractivity contribution in [3.63, 3.8) is 0 Å². The first-order valence-corrected chi connectivity index (χ1v) is 12.0. The van der Waals surface area contributed by atoms with E-state index in [9.17, 15) is 8.42 Å². The smallest absolute Gasteiger partial charge is 0.240 e. The van der Waals surface area contributed by atoms with Gasteiger partial charge in [-0.3, -0.25) is 0 Å². The number of nitrogens with one attached hydrogen (secondary N) is 1. The summed E-state index contributed by atoms with van der Waals surface area (Å²) in [6.45, 7) is 9.14. The van der Waals surface area contributed by atoms with Crippen LogP contribution in [0.15, 0.2) is 41.3 Å². The quantitative estimate of drug-likeness (QED) is 0.669. The van der Waals surface area contributed by atoms with Crippen molar-refractivity contribution in [2.75, 3.05) is 31.1 Å². The van der Waals surface area contributed by atoms with Gasteiger partial charge in [-0.1, -0.05) is 19.1 Å². The van der Waals surface area contributed by atoms with Crippen molar-refractivity contribution in [3.8, 4) is 5.75 Å². The number of hydrogen-bond donors (Lipinski definition) is 1. The Hall–Kier alpha value is -2.05. The lowest BCUT2D eigenvalue weighted by Crippen LogP contribution is -2.30. The van der Waals surface area contributed by atoms with E-state index in [1.54, 1.807) is 18.2 Å². The van der Waals surface area contributed by atoms with Gasteiger partial charge in [0, 0.05) is 25.3 Å². The van der Waals surface area contributed by atoms with Gasteiger partial charge in [-0.25, -0.2) is 13.1 Å². The van der Waals surface area contributed by atoms with Gasteiger partial charge in [-0.05, 0) is 80.5 Å². The van der Waals surface area contributed by atoms with E-state index in [1.807, 2.05) is 13.8 Å². The van der Waals surface area contributed by atoms with E-state index < -0.39 is 10.0 Å². The van der Waals surface area contributed by atoms with Gasteiger partial charge in [-0.15, -0.1) is 0 Å². The third-order valence-corrected chi connectivity index (χ3v) is 6.77. The average molecular weight is 417 g/mol. The first kappa shape index (κ1) is 21.7. The van der Waals surface area contributed by atoms with Crippen LogP contribution in [0.5, 0.6) is 5.75 Å². The van der Waals surface area contributed by atoms with Gasteiger partial charge < -0.3 is 9.64 Å². The fourth-order valence-corrected chi connectivity index (χ4v) is 5.02. The van der Waals surface area contributed by atoms with E-state index in [-0.39, 0.29) is 4.90 Å². The molecule has 2 aromatic carbocycles. The van der Waals surface area contributed by atoms with Gasteiger partial charge >= 0.3 is 0 Å². The normalized spacial score (nSPS) is 14.0. The lowest BCUT2D eigenvalue weighted by atomic mass is 9.98. The number of anilines is 1. The van der Waals surface area contributed by atoms with Crippen molar-refractivity contribution in [2.24, 2.45) is 0 Å². The van der Waals surface area contributed by atoms with Crippen molar-refractivity contribution in [1.29, 1.82) is 0 Å². The highest BCUT2D eigenvalue weighted by atomic mass is 32.2. The summed E-state index contributed by atoms with van der Waals surface area (Å²) in [5, 5.41) is 0. The van der Waals surface area contributed by atoms with E-state index in [2.05, 4.69) is 34.7 Å². The van der Waals surface area contributed by atoms with Crippen molar-refractivity contribution < 1.29 is 13.2 Å². The molecule has 0 radical (unpaired) electrons. The molecule has 0 aromatic heterocycles. The molecule has 1 heterocycles. The highest BCUT2D eigenvalue weighted by Gasteiger charge is 2.17. The summed E-state index contributed by atoms with van der Waals surface area (Å²) in [4.78, 5) is 2.73. The highest BCUT2D eigenvalue weighted by molar-refractivity contribution is 7.89. The summed E-state index contributed by atoms with van der Waals surface area (Å²) in [6.07, 6.45) is 4.10. The number of rotatable bonds is 9. The molecule has 2 aromatic rings. The van der Waals surface area contributed by atoms with Gasteiger partial charge in [0.2, 0.25) is 10.0 Å². The standard InChI is InChI=1S/C23H32N2O3S/c1-4-14-25-15-6-7-20-17-19(8-10-22(20)25)12-13-24-29(26,27)21-9-11-23(28-5-2)18(3)16-21/h8-11,16-17,24H,4-7,12-15H2,1-3H3. The SMILES string of the molecule is CCCN1CCCc2cc(CCNS(=O)(=O)c3ccc(OCC)c(C)c3)ccc21. The minimum atomic E-state index is -3.53. The Morgan fingerprint density at radius 3 is 2.69 bits per heavy atom. The van der Waals surface area contributed by atoms with E-state index in [1.165, 1.54) is 23.2 Å². The minimum absolute atomic E-state index is 0.277. The molecule has 0 atom stereocenters. The molecule has 0 saturated heterocycles. The number of benzene rings is 2. The third-order valence-electron chi connectivity index (χ3n) is 5.31. The fourth-order valence-electron chi connectivity index (χ4n) is 3.91. The Kier molecular flexibility index (Phi) is 7.19. The molecule has 0 unspecified atom stereocenters. The molecule has 0 spiro atoms. The summed E-state index contributed by atoms with van der Waals surface area (Å²) < 4.78 is 33.5. The number of fused-ring (bicyclic) bond motifs is 1. The molecule has 0 amide bonds. The molecule has 1 aliphatic rings. The zero-order valence-electron chi connectivity index (χ0n) is 17.7. The molecule has 0 aliphatic carbocycles. The molecule has 5 nitrogen and oxygen atoms in total. The molecule has 1 aliphatic heterocycles. The second kappa shape index (κ2) is 9.63. The van der Waals surface area contributed by atoms with Crippen LogP contribution in [0.1, 0.15) is 43.4 Å². The molecule has 0 bridgehead atoms. The Morgan fingerprint density at radius 1 is 1.14 bits per heavy atom. The number of hydrogen-bond acceptors (Lipinski definition) is 4. The molecule has 0 saturated carbocycles. The largest absolute Gasteiger partial charge is 0.494 e. The molecular formula is C23H32N2O3S. The van der Waals surface area contributed by atoms with Gasteiger partial charge in [0.1, 0.15) is 5.75 Å². The molecule has 3 rings (SSSR count). The second-order valence-electron chi connectivity index (χ2n) is 7.56. The average Bonchev–Trinajstić information content (AvgIpc) is 2.70. The lowest BCUT2D eigenvalue weighted by molar-refractivity contribution is 0.337. The predicted octanol–water partition coefficient (Wildman–Crippen LogP) is 4.08. The monoisotopic (exact) mass is 416 g/mol. The summed E-state index contributed by atoms with van der Waals surface area (Å²) >= 11 is 0. The minimum Gasteiger partial charge on any atom is -0.494 e. The maximum absolute atomic E-state index is 12.6. The Labute approximate surface area is 175 Å². The highest BCUT2D eigenvalue weighted by Crippen LogP contribution is 2.28. The molecular weight excluding hydrogens is 384 g/mol. The van der Waals surface area contributed by atoms with Crippen molar-refractivity contribution in [1.82, 2.24) is 4.72 Å². The van der Waals surface area contributed by atoms with Crippen molar-refractivity contribution in [2.45, 2.75) is 51.3 Å². The van der Waals surface area contributed by atoms with E-state index in [4.69, 9.17) is 4.74 Å². The van der Waals surface area contributed by atoms with Gasteiger partial charge in [0.15, 0.2) is 0 Å². The number of sulfonamides is 1.